The van der Waals surface area contributed by atoms with Gasteiger partial charge in [-0.05, 0) is 43.7 Å². The Morgan fingerprint density at radius 2 is 1.93 bits per heavy atom. The average molecular weight is 396 g/mol. The molecule has 0 radical (unpaired) electrons. The highest BCUT2D eigenvalue weighted by atomic mass is 32.2. The van der Waals surface area contributed by atoms with E-state index in [0.717, 1.165) is 22.9 Å². The summed E-state index contributed by atoms with van der Waals surface area (Å²) in [7, 11) is 0. The summed E-state index contributed by atoms with van der Waals surface area (Å²) in [6.07, 6.45) is 0. The van der Waals surface area contributed by atoms with E-state index in [4.69, 9.17) is 4.42 Å². The van der Waals surface area contributed by atoms with Gasteiger partial charge in [-0.2, -0.15) is 0 Å². The van der Waals surface area contributed by atoms with Gasteiger partial charge in [-0.25, -0.2) is 0 Å². The van der Waals surface area contributed by atoms with Gasteiger partial charge in [0.15, 0.2) is 0 Å². The van der Waals surface area contributed by atoms with E-state index in [1.165, 1.54) is 0 Å². The van der Waals surface area contributed by atoms with E-state index in [1.54, 1.807) is 24.3 Å². The van der Waals surface area contributed by atoms with Gasteiger partial charge in [0.2, 0.25) is 11.8 Å². The van der Waals surface area contributed by atoms with Crippen LogP contribution in [-0.2, 0) is 4.79 Å². The molecule has 144 valence electrons. The minimum absolute atomic E-state index is 0.112. The first-order valence-electron chi connectivity index (χ1n) is 8.77. The second-order valence-corrected chi connectivity index (χ2v) is 6.89. The summed E-state index contributed by atoms with van der Waals surface area (Å²) >= 11 is 1.16. The van der Waals surface area contributed by atoms with Gasteiger partial charge in [0, 0.05) is 23.4 Å². The summed E-state index contributed by atoms with van der Waals surface area (Å²) in [4.78, 5) is 24.1. The van der Waals surface area contributed by atoms with E-state index < -0.39 is 0 Å². The number of aromatic nitrogens is 2. The number of thioether (sulfide) groups is 1. The van der Waals surface area contributed by atoms with Crippen LogP contribution in [0.2, 0.25) is 0 Å². The lowest BCUT2D eigenvalue weighted by molar-refractivity contribution is -0.113. The van der Waals surface area contributed by atoms with Gasteiger partial charge in [-0.1, -0.05) is 36.0 Å². The smallest absolute Gasteiger partial charge is 0.277 e. The molecule has 28 heavy (non-hydrogen) atoms. The molecule has 2 N–H and O–H groups in total. The lowest BCUT2D eigenvalue weighted by Gasteiger charge is -2.07. The van der Waals surface area contributed by atoms with Crippen molar-refractivity contribution in [3.63, 3.8) is 0 Å². The second-order valence-electron chi connectivity index (χ2n) is 5.97. The Morgan fingerprint density at radius 3 is 2.71 bits per heavy atom. The van der Waals surface area contributed by atoms with Gasteiger partial charge in [0.1, 0.15) is 0 Å². The van der Waals surface area contributed by atoms with Gasteiger partial charge in [0.25, 0.3) is 11.1 Å². The topological polar surface area (TPSA) is 97.1 Å². The number of benzene rings is 2. The summed E-state index contributed by atoms with van der Waals surface area (Å²) in [6, 6.07) is 14.5. The number of rotatable bonds is 7. The minimum atomic E-state index is -0.228. The number of nitrogens with zero attached hydrogens (tertiary/aromatic N) is 2. The predicted octanol–water partition coefficient (Wildman–Crippen LogP) is 3.53. The molecule has 2 aromatic carbocycles. The first-order chi connectivity index (χ1) is 13.6. The van der Waals surface area contributed by atoms with E-state index in [9.17, 15) is 9.59 Å². The molecular weight excluding hydrogens is 376 g/mol. The number of hydrogen-bond donors (Lipinski definition) is 2. The zero-order chi connectivity index (χ0) is 19.9. The molecule has 3 aromatic rings. The molecule has 0 spiro atoms. The van der Waals surface area contributed by atoms with Gasteiger partial charge in [-0.3, -0.25) is 9.59 Å². The van der Waals surface area contributed by atoms with Crippen molar-refractivity contribution in [1.82, 2.24) is 15.5 Å². The molecule has 2 amide bonds. The zero-order valence-electron chi connectivity index (χ0n) is 15.6. The predicted molar refractivity (Wildman–Crippen MR) is 108 cm³/mol. The summed E-state index contributed by atoms with van der Waals surface area (Å²) in [5, 5.41) is 13.8. The van der Waals surface area contributed by atoms with Crippen molar-refractivity contribution in [2.24, 2.45) is 0 Å². The summed E-state index contributed by atoms with van der Waals surface area (Å²) in [5.41, 5.74) is 2.95. The Kier molecular flexibility index (Phi) is 6.44. The van der Waals surface area contributed by atoms with Crippen LogP contribution in [0.4, 0.5) is 5.69 Å². The molecule has 0 saturated heterocycles. The first kappa shape index (κ1) is 19.6. The second kappa shape index (κ2) is 9.18. The number of nitrogens with one attached hydrogen (secondary N) is 2. The Morgan fingerprint density at radius 1 is 1.11 bits per heavy atom. The molecule has 0 saturated carbocycles. The Balaban J connectivity index is 1.57. The summed E-state index contributed by atoms with van der Waals surface area (Å²) < 4.78 is 5.64. The van der Waals surface area contributed by atoms with Crippen LogP contribution in [0.15, 0.2) is 58.2 Å². The molecule has 0 fully saturated rings. The van der Waals surface area contributed by atoms with E-state index in [1.807, 2.05) is 38.1 Å². The van der Waals surface area contributed by atoms with Gasteiger partial charge in [0.05, 0.1) is 5.75 Å². The first-order valence-corrected chi connectivity index (χ1v) is 9.76. The van der Waals surface area contributed by atoms with E-state index in [2.05, 4.69) is 20.8 Å². The molecule has 7 nitrogen and oxygen atoms in total. The van der Waals surface area contributed by atoms with E-state index in [0.29, 0.717) is 28.9 Å². The third-order valence-electron chi connectivity index (χ3n) is 3.85. The maximum Gasteiger partial charge on any atom is 0.277 e. The van der Waals surface area contributed by atoms with E-state index >= 15 is 0 Å². The Bertz CT molecular complexity index is 987. The zero-order valence-corrected chi connectivity index (χ0v) is 16.4. The van der Waals surface area contributed by atoms with Gasteiger partial charge in [-0.15, -0.1) is 10.2 Å². The molecule has 0 bridgehead atoms. The normalized spacial score (nSPS) is 10.5. The molecule has 8 heteroatoms. The third-order valence-corrected chi connectivity index (χ3v) is 4.67. The standard InChI is InChI=1S/C20H20N4O3S/c1-3-21-18(26)14-8-6-9-15(11-14)22-17(25)12-28-20-24-23-19(27-20)16-10-5-4-7-13(16)2/h4-11H,3,12H2,1-2H3,(H,21,26)(H,22,25). The molecule has 1 heterocycles. The summed E-state index contributed by atoms with van der Waals surface area (Å²) in [5.74, 6) is 0.132. The average Bonchev–Trinajstić information content (AvgIpc) is 3.16. The molecule has 0 aliphatic heterocycles. The van der Waals surface area contributed by atoms with E-state index in [-0.39, 0.29) is 17.6 Å². The molecule has 0 atom stereocenters. The van der Waals surface area contributed by atoms with Crippen LogP contribution in [0.25, 0.3) is 11.5 Å². The van der Waals surface area contributed by atoms with Crippen LogP contribution in [0.3, 0.4) is 0 Å². The van der Waals surface area contributed by atoms with Crippen molar-refractivity contribution in [1.29, 1.82) is 0 Å². The monoisotopic (exact) mass is 396 g/mol. The number of hydrogen-bond acceptors (Lipinski definition) is 6. The lowest BCUT2D eigenvalue weighted by Crippen LogP contribution is -2.23. The molecule has 0 aliphatic rings. The van der Waals surface area contributed by atoms with Crippen LogP contribution in [-0.4, -0.2) is 34.3 Å². The number of carbonyl (C=O) groups is 2. The quantitative estimate of drug-likeness (QED) is 0.593. The van der Waals surface area contributed by atoms with Crippen molar-refractivity contribution in [3.8, 4) is 11.5 Å². The molecule has 0 aliphatic carbocycles. The molecule has 1 aromatic heterocycles. The highest BCUT2D eigenvalue weighted by molar-refractivity contribution is 7.99. The van der Waals surface area contributed by atoms with Crippen molar-refractivity contribution in [2.45, 2.75) is 19.1 Å². The van der Waals surface area contributed by atoms with Crippen LogP contribution in [0, 0.1) is 6.92 Å². The van der Waals surface area contributed by atoms with Crippen LogP contribution in [0.5, 0.6) is 0 Å². The SMILES string of the molecule is CCNC(=O)c1cccc(NC(=O)CSc2nnc(-c3ccccc3C)o2)c1. The Labute approximate surface area is 166 Å². The minimum Gasteiger partial charge on any atom is -0.411 e. The number of carbonyl (C=O) groups excluding carboxylic acids is 2. The third kappa shape index (κ3) is 4.98. The Hall–Kier alpha value is -3.13. The molecule has 0 unspecified atom stereocenters. The van der Waals surface area contributed by atoms with Crippen molar-refractivity contribution in [2.75, 3.05) is 17.6 Å². The highest BCUT2D eigenvalue weighted by Gasteiger charge is 2.13. The molecular formula is C20H20N4O3S. The molecule has 3 rings (SSSR count). The van der Waals surface area contributed by atoms with Gasteiger partial charge < -0.3 is 15.1 Å². The number of amides is 2. The number of anilines is 1. The largest absolute Gasteiger partial charge is 0.411 e. The maximum atomic E-state index is 12.2. The van der Waals surface area contributed by atoms with Crippen LogP contribution >= 0.6 is 11.8 Å². The van der Waals surface area contributed by atoms with Crippen molar-refractivity contribution in [3.05, 3.63) is 59.7 Å². The van der Waals surface area contributed by atoms with Crippen molar-refractivity contribution >= 4 is 29.3 Å². The highest BCUT2D eigenvalue weighted by Crippen LogP contribution is 2.25. The van der Waals surface area contributed by atoms with Crippen LogP contribution in [0.1, 0.15) is 22.8 Å². The van der Waals surface area contributed by atoms with Gasteiger partial charge >= 0.3 is 0 Å². The van der Waals surface area contributed by atoms with Crippen molar-refractivity contribution < 1.29 is 14.0 Å². The fourth-order valence-corrected chi connectivity index (χ4v) is 3.08. The summed E-state index contributed by atoms with van der Waals surface area (Å²) in [6.45, 7) is 4.36. The van der Waals surface area contributed by atoms with Crippen LogP contribution < -0.4 is 10.6 Å². The fourth-order valence-electron chi connectivity index (χ4n) is 2.51. The maximum absolute atomic E-state index is 12.2. The fraction of sp³-hybridized carbons (Fsp3) is 0.200. The lowest BCUT2D eigenvalue weighted by atomic mass is 10.1. The number of aryl methyl sites for hydroxylation is 1.